The topological polar surface area (TPSA) is 29.1 Å². The Morgan fingerprint density at radius 1 is 1.58 bits per heavy atom. The van der Waals surface area contributed by atoms with E-state index in [1.165, 1.54) is 6.42 Å². The highest BCUT2D eigenvalue weighted by atomic mass is 35.5. The van der Waals surface area contributed by atoms with E-state index in [0.717, 1.165) is 18.8 Å². The first-order chi connectivity index (χ1) is 5.72. The van der Waals surface area contributed by atoms with Gasteiger partial charge in [-0.3, -0.25) is 4.79 Å². The van der Waals surface area contributed by atoms with Crippen LogP contribution >= 0.6 is 11.6 Å². The van der Waals surface area contributed by atoms with Gasteiger partial charge in [0.15, 0.2) is 0 Å². The van der Waals surface area contributed by atoms with Gasteiger partial charge in [0.2, 0.25) is 5.91 Å². The van der Waals surface area contributed by atoms with E-state index in [1.54, 1.807) is 0 Å². The summed E-state index contributed by atoms with van der Waals surface area (Å²) in [6.45, 7) is 2.23. The van der Waals surface area contributed by atoms with Crippen LogP contribution in [-0.4, -0.2) is 17.8 Å². The zero-order chi connectivity index (χ0) is 8.97. The average Bonchev–Trinajstić information content (AvgIpc) is 2.36. The van der Waals surface area contributed by atoms with Crippen molar-refractivity contribution in [3.05, 3.63) is 0 Å². The van der Waals surface area contributed by atoms with Crippen LogP contribution in [0.1, 0.15) is 32.6 Å². The summed E-state index contributed by atoms with van der Waals surface area (Å²) in [6.07, 6.45) is 3.96. The molecule has 1 amide bonds. The van der Waals surface area contributed by atoms with Crippen molar-refractivity contribution in [2.75, 3.05) is 5.88 Å². The van der Waals surface area contributed by atoms with Crippen LogP contribution in [0.15, 0.2) is 0 Å². The standard InChI is InChI=1S/C9H16ClNO/c1-7-2-3-8(6-7)11-9(12)4-5-10/h7-8H,2-6H2,1H3,(H,11,12). The lowest BCUT2D eigenvalue weighted by Crippen LogP contribution is -2.32. The molecule has 1 fully saturated rings. The van der Waals surface area contributed by atoms with Gasteiger partial charge in [-0.1, -0.05) is 6.92 Å². The molecular weight excluding hydrogens is 174 g/mol. The molecule has 0 heterocycles. The summed E-state index contributed by atoms with van der Waals surface area (Å²) in [6, 6.07) is 0.413. The van der Waals surface area contributed by atoms with Gasteiger partial charge >= 0.3 is 0 Å². The largest absolute Gasteiger partial charge is 0.353 e. The summed E-state index contributed by atoms with van der Waals surface area (Å²) in [5.41, 5.74) is 0. The molecule has 0 aromatic carbocycles. The molecule has 1 aliphatic rings. The van der Waals surface area contributed by atoms with Gasteiger partial charge in [0.25, 0.3) is 0 Å². The van der Waals surface area contributed by atoms with E-state index in [9.17, 15) is 4.79 Å². The third kappa shape index (κ3) is 3.02. The zero-order valence-electron chi connectivity index (χ0n) is 7.48. The van der Waals surface area contributed by atoms with Crippen LogP contribution in [0.2, 0.25) is 0 Å². The molecule has 2 nitrogen and oxygen atoms in total. The molecule has 0 radical (unpaired) electrons. The molecule has 2 unspecified atom stereocenters. The maximum Gasteiger partial charge on any atom is 0.221 e. The smallest absolute Gasteiger partial charge is 0.221 e. The van der Waals surface area contributed by atoms with Crippen molar-refractivity contribution in [1.29, 1.82) is 0 Å². The van der Waals surface area contributed by atoms with Gasteiger partial charge in [-0.15, -0.1) is 11.6 Å². The fourth-order valence-corrected chi connectivity index (χ4v) is 1.90. The van der Waals surface area contributed by atoms with Gasteiger partial charge in [0.1, 0.15) is 0 Å². The second-order valence-corrected chi connectivity index (χ2v) is 4.00. The van der Waals surface area contributed by atoms with Crippen LogP contribution in [-0.2, 0) is 4.79 Å². The number of carbonyl (C=O) groups excluding carboxylic acids is 1. The minimum atomic E-state index is 0.101. The van der Waals surface area contributed by atoms with Crippen molar-refractivity contribution in [1.82, 2.24) is 5.32 Å². The van der Waals surface area contributed by atoms with Gasteiger partial charge in [-0.25, -0.2) is 0 Å². The van der Waals surface area contributed by atoms with Gasteiger partial charge in [-0.05, 0) is 25.2 Å². The number of hydrogen-bond acceptors (Lipinski definition) is 1. The molecule has 1 aliphatic carbocycles. The quantitative estimate of drug-likeness (QED) is 0.676. The Morgan fingerprint density at radius 3 is 2.83 bits per heavy atom. The normalized spacial score (nSPS) is 28.8. The van der Waals surface area contributed by atoms with Crippen molar-refractivity contribution in [3.8, 4) is 0 Å². The fraction of sp³-hybridized carbons (Fsp3) is 0.889. The van der Waals surface area contributed by atoms with E-state index in [0.29, 0.717) is 18.3 Å². The minimum Gasteiger partial charge on any atom is -0.353 e. The molecule has 70 valence electrons. The van der Waals surface area contributed by atoms with Crippen molar-refractivity contribution in [2.45, 2.75) is 38.6 Å². The third-order valence-corrected chi connectivity index (χ3v) is 2.57. The van der Waals surface area contributed by atoms with Gasteiger partial charge in [0.05, 0.1) is 0 Å². The Hall–Kier alpha value is -0.240. The molecule has 1 rings (SSSR count). The number of amides is 1. The van der Waals surface area contributed by atoms with E-state index >= 15 is 0 Å². The first-order valence-corrected chi connectivity index (χ1v) is 5.11. The number of nitrogens with one attached hydrogen (secondary N) is 1. The number of rotatable bonds is 3. The molecule has 12 heavy (non-hydrogen) atoms. The van der Waals surface area contributed by atoms with Crippen LogP contribution in [0.5, 0.6) is 0 Å². The highest BCUT2D eigenvalue weighted by Gasteiger charge is 2.22. The van der Waals surface area contributed by atoms with Crippen LogP contribution in [0.4, 0.5) is 0 Å². The number of carbonyl (C=O) groups is 1. The Labute approximate surface area is 78.7 Å². The highest BCUT2D eigenvalue weighted by Crippen LogP contribution is 2.24. The molecule has 1 saturated carbocycles. The zero-order valence-corrected chi connectivity index (χ0v) is 8.23. The maximum absolute atomic E-state index is 11.1. The Balaban J connectivity index is 2.18. The summed E-state index contributed by atoms with van der Waals surface area (Å²) < 4.78 is 0. The van der Waals surface area contributed by atoms with Crippen molar-refractivity contribution in [2.24, 2.45) is 5.92 Å². The predicted octanol–water partition coefficient (Wildman–Crippen LogP) is 1.92. The molecule has 0 saturated heterocycles. The third-order valence-electron chi connectivity index (χ3n) is 2.38. The van der Waals surface area contributed by atoms with E-state index in [4.69, 9.17) is 11.6 Å². The number of halogens is 1. The van der Waals surface area contributed by atoms with E-state index in [2.05, 4.69) is 12.2 Å². The second kappa shape index (κ2) is 4.70. The highest BCUT2D eigenvalue weighted by molar-refractivity contribution is 6.18. The second-order valence-electron chi connectivity index (χ2n) is 3.62. The molecule has 0 aromatic rings. The van der Waals surface area contributed by atoms with Crippen molar-refractivity contribution < 1.29 is 4.79 Å². The lowest BCUT2D eigenvalue weighted by Gasteiger charge is -2.11. The first kappa shape index (κ1) is 9.85. The molecular formula is C9H16ClNO. The Bertz CT molecular complexity index is 161. The summed E-state index contributed by atoms with van der Waals surface area (Å²) >= 11 is 5.45. The number of hydrogen-bond donors (Lipinski definition) is 1. The summed E-state index contributed by atoms with van der Waals surface area (Å²) in [4.78, 5) is 11.1. The number of alkyl halides is 1. The van der Waals surface area contributed by atoms with Gasteiger partial charge < -0.3 is 5.32 Å². The molecule has 0 aliphatic heterocycles. The molecule has 2 atom stereocenters. The maximum atomic E-state index is 11.1. The van der Waals surface area contributed by atoms with Crippen LogP contribution in [0, 0.1) is 5.92 Å². The van der Waals surface area contributed by atoms with Gasteiger partial charge in [0, 0.05) is 18.3 Å². The Kier molecular flexibility index (Phi) is 3.86. The van der Waals surface area contributed by atoms with Crippen molar-refractivity contribution in [3.63, 3.8) is 0 Å². The van der Waals surface area contributed by atoms with Gasteiger partial charge in [-0.2, -0.15) is 0 Å². The SMILES string of the molecule is CC1CCC(NC(=O)CCCl)C1. The molecule has 1 N–H and O–H groups in total. The monoisotopic (exact) mass is 189 g/mol. The molecule has 0 bridgehead atoms. The van der Waals surface area contributed by atoms with Crippen LogP contribution in [0.25, 0.3) is 0 Å². The fourth-order valence-electron chi connectivity index (χ4n) is 1.72. The van der Waals surface area contributed by atoms with E-state index in [1.807, 2.05) is 0 Å². The molecule has 0 spiro atoms. The van der Waals surface area contributed by atoms with Crippen LogP contribution in [0.3, 0.4) is 0 Å². The summed E-state index contributed by atoms with van der Waals surface area (Å²) in [5, 5.41) is 2.99. The van der Waals surface area contributed by atoms with E-state index in [-0.39, 0.29) is 5.91 Å². The average molecular weight is 190 g/mol. The minimum absolute atomic E-state index is 0.101. The van der Waals surface area contributed by atoms with E-state index < -0.39 is 0 Å². The summed E-state index contributed by atoms with van der Waals surface area (Å²) in [5.74, 6) is 1.30. The van der Waals surface area contributed by atoms with Crippen molar-refractivity contribution >= 4 is 17.5 Å². The first-order valence-electron chi connectivity index (χ1n) is 4.57. The molecule has 3 heteroatoms. The van der Waals surface area contributed by atoms with Crippen LogP contribution < -0.4 is 5.32 Å². The predicted molar refractivity (Wildman–Crippen MR) is 50.3 cm³/mol. The lowest BCUT2D eigenvalue weighted by atomic mass is 10.1. The lowest BCUT2D eigenvalue weighted by molar-refractivity contribution is -0.121. The summed E-state index contributed by atoms with van der Waals surface area (Å²) in [7, 11) is 0. The molecule has 0 aromatic heterocycles. The Morgan fingerprint density at radius 2 is 2.33 bits per heavy atom.